The van der Waals surface area contributed by atoms with Crippen molar-refractivity contribution in [1.82, 2.24) is 9.80 Å². The smallest absolute Gasteiger partial charge is 0.336 e. The first-order chi connectivity index (χ1) is 15.9. The lowest BCUT2D eigenvalue weighted by molar-refractivity contribution is -0.140. The molecule has 0 radical (unpaired) electrons. The van der Waals surface area contributed by atoms with Gasteiger partial charge in [-0.3, -0.25) is 4.79 Å². The van der Waals surface area contributed by atoms with E-state index >= 15 is 0 Å². The number of rotatable bonds is 4. The summed E-state index contributed by atoms with van der Waals surface area (Å²) in [5.41, 5.74) is 5.48. The fourth-order valence-corrected chi connectivity index (χ4v) is 5.78. The molecule has 2 fully saturated rings. The number of allylic oxidation sites excluding steroid dienone is 1. The number of hydrogen-bond acceptors (Lipinski definition) is 6. The average Bonchev–Trinajstić information content (AvgIpc) is 3.46. The molecule has 1 atom stereocenters. The largest absolute Gasteiger partial charge is 0.489 e. The van der Waals surface area contributed by atoms with Gasteiger partial charge in [0, 0.05) is 17.7 Å². The first-order valence-corrected chi connectivity index (χ1v) is 11.9. The van der Waals surface area contributed by atoms with Gasteiger partial charge in [-0.25, -0.2) is 4.79 Å². The number of amides is 1. The minimum Gasteiger partial charge on any atom is -0.489 e. The van der Waals surface area contributed by atoms with Crippen LogP contribution in [0.3, 0.4) is 0 Å². The Morgan fingerprint density at radius 2 is 1.91 bits per heavy atom. The first-order valence-electron chi connectivity index (χ1n) is 11.9. The number of hydrogen-bond donors (Lipinski definition) is 1. The standard InChI is InChI=1S/C26H32N2O5/c1-4-22-19-6-5-18(16(2)20(19)14-32-22)7-10-27-11-8-26(9-12-27)23(29)13-28(25(26)31)21-15-33-24(30)17(21)3/h4-6,23,29H,7-15H2,1-3H3/b22-4+. The van der Waals surface area contributed by atoms with Gasteiger partial charge in [-0.1, -0.05) is 12.1 Å². The minimum absolute atomic E-state index is 0.0588. The first kappa shape index (κ1) is 22.2. The molecule has 176 valence electrons. The Kier molecular flexibility index (Phi) is 5.57. The Labute approximate surface area is 194 Å². The number of carbonyl (C=O) groups is 2. The normalized spacial score (nSPS) is 25.9. The zero-order chi connectivity index (χ0) is 23.3. The van der Waals surface area contributed by atoms with Crippen LogP contribution < -0.4 is 0 Å². The highest BCUT2D eigenvalue weighted by Crippen LogP contribution is 2.44. The molecule has 2 saturated heterocycles. The van der Waals surface area contributed by atoms with Crippen LogP contribution in [0.15, 0.2) is 29.5 Å². The summed E-state index contributed by atoms with van der Waals surface area (Å²) in [6.45, 7) is 9.35. The van der Waals surface area contributed by atoms with Crippen LogP contribution in [0.2, 0.25) is 0 Å². The van der Waals surface area contributed by atoms with Crippen LogP contribution in [0.1, 0.15) is 48.9 Å². The van der Waals surface area contributed by atoms with E-state index in [9.17, 15) is 14.7 Å². The molecular formula is C26H32N2O5. The van der Waals surface area contributed by atoms with E-state index in [2.05, 4.69) is 24.0 Å². The molecule has 4 heterocycles. The Hall–Kier alpha value is -2.64. The van der Waals surface area contributed by atoms with Crippen LogP contribution in [0.4, 0.5) is 0 Å². The lowest BCUT2D eigenvalue weighted by Crippen LogP contribution is -2.49. The molecule has 1 amide bonds. The number of likely N-dealkylation sites (tertiary alicyclic amines) is 2. The fourth-order valence-electron chi connectivity index (χ4n) is 5.78. The molecule has 7 nitrogen and oxygen atoms in total. The maximum absolute atomic E-state index is 13.4. The highest BCUT2D eigenvalue weighted by molar-refractivity contribution is 5.94. The molecule has 4 aliphatic rings. The van der Waals surface area contributed by atoms with Gasteiger partial charge in [0.15, 0.2) is 0 Å². The molecule has 0 aromatic heterocycles. The van der Waals surface area contributed by atoms with Crippen molar-refractivity contribution in [2.24, 2.45) is 5.41 Å². The second-order valence-corrected chi connectivity index (χ2v) is 9.64. The molecule has 4 aliphatic heterocycles. The molecule has 1 aromatic rings. The number of carbonyl (C=O) groups excluding carboxylic acids is 2. The van der Waals surface area contributed by atoms with Gasteiger partial charge in [0.2, 0.25) is 5.91 Å². The van der Waals surface area contributed by atoms with E-state index in [-0.39, 0.29) is 25.0 Å². The number of ether oxygens (including phenoxy) is 2. The van der Waals surface area contributed by atoms with Crippen LogP contribution in [-0.4, -0.2) is 65.7 Å². The molecule has 5 rings (SSSR count). The molecule has 1 N–H and O–H groups in total. The van der Waals surface area contributed by atoms with E-state index < -0.39 is 11.5 Å². The number of benzene rings is 1. The van der Waals surface area contributed by atoms with E-state index in [0.717, 1.165) is 31.8 Å². The minimum atomic E-state index is -0.751. The van der Waals surface area contributed by atoms with Crippen molar-refractivity contribution < 1.29 is 24.2 Å². The quantitative estimate of drug-likeness (QED) is 0.708. The van der Waals surface area contributed by atoms with Gasteiger partial charge in [-0.15, -0.1) is 0 Å². The van der Waals surface area contributed by atoms with Crippen LogP contribution in [0.25, 0.3) is 5.76 Å². The summed E-state index contributed by atoms with van der Waals surface area (Å²) < 4.78 is 10.9. The summed E-state index contributed by atoms with van der Waals surface area (Å²) in [4.78, 5) is 29.1. The Morgan fingerprint density at radius 1 is 1.15 bits per heavy atom. The highest BCUT2D eigenvalue weighted by Gasteiger charge is 2.55. The Balaban J connectivity index is 1.22. The summed E-state index contributed by atoms with van der Waals surface area (Å²) in [6, 6.07) is 4.38. The predicted molar refractivity (Wildman–Crippen MR) is 123 cm³/mol. The van der Waals surface area contributed by atoms with E-state index in [1.807, 2.05) is 13.0 Å². The van der Waals surface area contributed by atoms with Gasteiger partial charge < -0.3 is 24.4 Å². The van der Waals surface area contributed by atoms with Crippen molar-refractivity contribution in [2.75, 3.05) is 32.8 Å². The predicted octanol–water partition coefficient (Wildman–Crippen LogP) is 2.54. The SMILES string of the molecule is C/C=C1/OCc2c1ccc(CCN1CCC3(CC1)C(=O)N(C1=C(C)C(=O)OC1)CC3O)c2C. The monoisotopic (exact) mass is 452 g/mol. The zero-order valence-corrected chi connectivity index (χ0v) is 19.6. The third kappa shape index (κ3) is 3.49. The van der Waals surface area contributed by atoms with Crippen LogP contribution in [-0.2, 0) is 32.1 Å². The highest BCUT2D eigenvalue weighted by atomic mass is 16.5. The van der Waals surface area contributed by atoms with Crippen LogP contribution >= 0.6 is 0 Å². The number of aliphatic hydroxyl groups is 1. The second-order valence-electron chi connectivity index (χ2n) is 9.64. The maximum Gasteiger partial charge on any atom is 0.336 e. The van der Waals surface area contributed by atoms with E-state index in [0.29, 0.717) is 30.7 Å². The molecule has 0 saturated carbocycles. The lowest BCUT2D eigenvalue weighted by atomic mass is 9.75. The summed E-state index contributed by atoms with van der Waals surface area (Å²) in [5, 5.41) is 10.9. The summed E-state index contributed by atoms with van der Waals surface area (Å²) in [6.07, 6.45) is 3.51. The number of cyclic esters (lactones) is 1. The fraction of sp³-hybridized carbons (Fsp3) is 0.538. The van der Waals surface area contributed by atoms with Crippen molar-refractivity contribution in [2.45, 2.75) is 52.7 Å². The summed E-state index contributed by atoms with van der Waals surface area (Å²) in [7, 11) is 0. The van der Waals surface area contributed by atoms with E-state index in [1.54, 1.807) is 11.8 Å². The number of β-amino-alcohol motifs (C(OH)–C–C–N with tert-alkyl or cyclic N) is 1. The number of esters is 1. The van der Waals surface area contributed by atoms with Crippen LogP contribution in [0.5, 0.6) is 0 Å². The molecule has 0 aliphatic carbocycles. The van der Waals surface area contributed by atoms with Gasteiger partial charge in [0.05, 0.1) is 29.3 Å². The number of aliphatic hydroxyl groups excluding tert-OH is 1. The molecule has 1 aromatic carbocycles. The zero-order valence-electron chi connectivity index (χ0n) is 19.6. The van der Waals surface area contributed by atoms with Gasteiger partial charge >= 0.3 is 5.97 Å². The van der Waals surface area contributed by atoms with Crippen LogP contribution in [0, 0.1) is 12.3 Å². The Morgan fingerprint density at radius 3 is 2.58 bits per heavy atom. The van der Waals surface area contributed by atoms with E-state index in [4.69, 9.17) is 9.47 Å². The third-order valence-corrected chi connectivity index (χ3v) is 8.13. The number of fused-ring (bicyclic) bond motifs is 1. The molecule has 33 heavy (non-hydrogen) atoms. The topological polar surface area (TPSA) is 79.3 Å². The molecule has 0 bridgehead atoms. The van der Waals surface area contributed by atoms with Crippen molar-refractivity contribution >= 4 is 17.6 Å². The van der Waals surface area contributed by atoms with Gasteiger partial charge in [0.25, 0.3) is 0 Å². The molecule has 1 spiro atoms. The molecule has 1 unspecified atom stereocenters. The van der Waals surface area contributed by atoms with Crippen molar-refractivity contribution in [3.05, 3.63) is 51.7 Å². The number of nitrogens with zero attached hydrogens (tertiary/aromatic N) is 2. The van der Waals surface area contributed by atoms with E-state index in [1.165, 1.54) is 22.3 Å². The summed E-state index contributed by atoms with van der Waals surface area (Å²) in [5.74, 6) is 0.532. The Bertz CT molecular complexity index is 1060. The second kappa shape index (κ2) is 8.29. The van der Waals surface area contributed by atoms with Crippen molar-refractivity contribution in [3.63, 3.8) is 0 Å². The van der Waals surface area contributed by atoms with Crippen molar-refractivity contribution in [3.8, 4) is 0 Å². The molecular weight excluding hydrogens is 420 g/mol. The van der Waals surface area contributed by atoms with Crippen molar-refractivity contribution in [1.29, 1.82) is 0 Å². The average molecular weight is 453 g/mol. The van der Waals surface area contributed by atoms with Gasteiger partial charge in [0.1, 0.15) is 19.0 Å². The lowest BCUT2D eigenvalue weighted by Gasteiger charge is -2.39. The van der Waals surface area contributed by atoms with Gasteiger partial charge in [-0.05, 0) is 70.3 Å². The maximum atomic E-state index is 13.4. The molecule has 7 heteroatoms. The number of piperidine rings is 1. The third-order valence-electron chi connectivity index (χ3n) is 8.13. The van der Waals surface area contributed by atoms with Gasteiger partial charge in [-0.2, -0.15) is 0 Å². The summed E-state index contributed by atoms with van der Waals surface area (Å²) >= 11 is 0.